The molecule has 130 valence electrons. The number of likely N-dealkylation sites (tertiary alicyclic amines) is 1. The molecule has 1 atom stereocenters. The highest BCUT2D eigenvalue weighted by Crippen LogP contribution is 2.20. The van der Waals surface area contributed by atoms with Gasteiger partial charge in [0.2, 0.25) is 0 Å². The van der Waals surface area contributed by atoms with Crippen LogP contribution in [0.15, 0.2) is 29.8 Å². The van der Waals surface area contributed by atoms with Gasteiger partial charge in [0, 0.05) is 31.1 Å². The van der Waals surface area contributed by atoms with Crippen LogP contribution < -0.4 is 0 Å². The fourth-order valence-corrected chi connectivity index (χ4v) is 4.33. The molecule has 0 radical (unpaired) electrons. The largest absolute Gasteiger partial charge is 0.303 e. The Morgan fingerprint density at radius 1 is 1.38 bits per heavy atom. The number of aromatic nitrogens is 1. The first-order valence-corrected chi connectivity index (χ1v) is 9.53. The zero-order chi connectivity index (χ0) is 16.9. The van der Waals surface area contributed by atoms with Crippen LogP contribution in [0.5, 0.6) is 0 Å². The molecule has 0 bridgehead atoms. The van der Waals surface area contributed by atoms with Gasteiger partial charge in [-0.1, -0.05) is 18.2 Å². The SMILES string of the molecule is Cc1ncsc1CN(C)C[C@H]1CCN(CCc2ccccc2F)C1. The predicted molar refractivity (Wildman–Crippen MR) is 97.8 cm³/mol. The molecule has 0 amide bonds. The van der Waals surface area contributed by atoms with Crippen molar-refractivity contribution in [3.8, 4) is 0 Å². The minimum atomic E-state index is -0.0760. The molecule has 0 unspecified atom stereocenters. The summed E-state index contributed by atoms with van der Waals surface area (Å²) in [6.45, 7) is 7.40. The third kappa shape index (κ3) is 4.62. The van der Waals surface area contributed by atoms with Crippen molar-refractivity contribution in [1.82, 2.24) is 14.8 Å². The van der Waals surface area contributed by atoms with Crippen LogP contribution in [0.4, 0.5) is 4.39 Å². The van der Waals surface area contributed by atoms with Crippen molar-refractivity contribution in [2.75, 3.05) is 33.2 Å². The van der Waals surface area contributed by atoms with Gasteiger partial charge in [0.15, 0.2) is 0 Å². The lowest BCUT2D eigenvalue weighted by Gasteiger charge is -2.21. The molecule has 3 rings (SSSR count). The third-order valence-electron chi connectivity index (χ3n) is 4.85. The van der Waals surface area contributed by atoms with Gasteiger partial charge in [0.05, 0.1) is 11.2 Å². The third-order valence-corrected chi connectivity index (χ3v) is 5.77. The molecule has 5 heteroatoms. The molecule has 1 fully saturated rings. The van der Waals surface area contributed by atoms with Crippen LogP contribution in [0.25, 0.3) is 0 Å². The van der Waals surface area contributed by atoms with Crippen LogP contribution in [0.2, 0.25) is 0 Å². The van der Waals surface area contributed by atoms with Crippen molar-refractivity contribution in [3.63, 3.8) is 0 Å². The molecule has 0 aliphatic carbocycles. The highest BCUT2D eigenvalue weighted by atomic mass is 32.1. The number of thiazole rings is 1. The van der Waals surface area contributed by atoms with Crippen LogP contribution in [0.1, 0.15) is 22.6 Å². The van der Waals surface area contributed by atoms with Crippen LogP contribution in [-0.4, -0.2) is 48.0 Å². The molecule has 1 aromatic heterocycles. The Bertz CT molecular complexity index is 658. The van der Waals surface area contributed by atoms with Crippen molar-refractivity contribution in [2.24, 2.45) is 5.92 Å². The van der Waals surface area contributed by atoms with E-state index in [0.717, 1.165) is 50.4 Å². The van der Waals surface area contributed by atoms with Crippen molar-refractivity contribution >= 4 is 11.3 Å². The number of nitrogens with zero attached hydrogens (tertiary/aromatic N) is 3. The summed E-state index contributed by atoms with van der Waals surface area (Å²) in [4.78, 5) is 10.6. The molecule has 0 spiro atoms. The standard InChI is InChI=1S/C19H26FN3S/c1-15-19(24-14-21-15)13-22(2)11-16-7-9-23(12-16)10-8-17-5-3-4-6-18(17)20/h3-6,14,16H,7-13H2,1-2H3/t16-/m1/s1. The fraction of sp³-hybridized carbons (Fsp3) is 0.526. The molecule has 2 aromatic rings. The Kier molecular flexibility index (Phi) is 5.98. The van der Waals surface area contributed by atoms with E-state index < -0.39 is 0 Å². The minimum Gasteiger partial charge on any atom is -0.303 e. The summed E-state index contributed by atoms with van der Waals surface area (Å²) in [5, 5.41) is 0. The van der Waals surface area contributed by atoms with Gasteiger partial charge < -0.3 is 9.80 Å². The lowest BCUT2D eigenvalue weighted by atomic mass is 10.1. The Hall–Kier alpha value is -1.30. The number of benzene rings is 1. The Morgan fingerprint density at radius 2 is 2.21 bits per heavy atom. The van der Waals surface area contributed by atoms with Gasteiger partial charge in [0.1, 0.15) is 5.82 Å². The second-order valence-electron chi connectivity index (χ2n) is 6.85. The lowest BCUT2D eigenvalue weighted by molar-refractivity contribution is 0.259. The van der Waals surface area contributed by atoms with Crippen LogP contribution in [0.3, 0.4) is 0 Å². The highest BCUT2D eigenvalue weighted by molar-refractivity contribution is 7.09. The average Bonchev–Trinajstić information content (AvgIpc) is 3.16. The Labute approximate surface area is 148 Å². The van der Waals surface area contributed by atoms with E-state index in [0.29, 0.717) is 5.92 Å². The smallest absolute Gasteiger partial charge is 0.126 e. The number of hydrogen-bond acceptors (Lipinski definition) is 4. The lowest BCUT2D eigenvalue weighted by Crippen LogP contribution is -2.29. The Morgan fingerprint density at radius 3 is 2.96 bits per heavy atom. The van der Waals surface area contributed by atoms with Crippen LogP contribution >= 0.6 is 11.3 Å². The molecule has 2 heterocycles. The Balaban J connectivity index is 1.42. The van der Waals surface area contributed by atoms with Crippen molar-refractivity contribution in [3.05, 3.63) is 51.7 Å². The molecule has 1 saturated heterocycles. The average molecular weight is 348 g/mol. The van der Waals surface area contributed by atoms with Gasteiger partial charge in [-0.3, -0.25) is 0 Å². The molecule has 1 aliphatic rings. The summed E-state index contributed by atoms with van der Waals surface area (Å²) in [5.41, 5.74) is 3.92. The van der Waals surface area contributed by atoms with Gasteiger partial charge in [0.25, 0.3) is 0 Å². The summed E-state index contributed by atoms with van der Waals surface area (Å²) in [6, 6.07) is 7.12. The van der Waals surface area contributed by atoms with Crippen LogP contribution in [0, 0.1) is 18.7 Å². The number of aryl methyl sites for hydroxylation is 1. The van der Waals surface area contributed by atoms with E-state index in [1.54, 1.807) is 23.5 Å². The molecule has 24 heavy (non-hydrogen) atoms. The summed E-state index contributed by atoms with van der Waals surface area (Å²) >= 11 is 1.74. The first kappa shape index (κ1) is 17.5. The monoisotopic (exact) mass is 347 g/mol. The molecule has 0 N–H and O–H groups in total. The van der Waals surface area contributed by atoms with E-state index in [1.165, 1.54) is 11.3 Å². The number of halogens is 1. The van der Waals surface area contributed by atoms with E-state index in [-0.39, 0.29) is 5.82 Å². The fourth-order valence-electron chi connectivity index (χ4n) is 3.47. The second-order valence-corrected chi connectivity index (χ2v) is 7.79. The van der Waals surface area contributed by atoms with Crippen LogP contribution in [-0.2, 0) is 13.0 Å². The summed E-state index contributed by atoms with van der Waals surface area (Å²) in [7, 11) is 2.20. The molecular formula is C19H26FN3S. The maximum absolute atomic E-state index is 13.7. The normalized spacial score (nSPS) is 18.6. The zero-order valence-corrected chi connectivity index (χ0v) is 15.4. The topological polar surface area (TPSA) is 19.4 Å². The number of hydrogen-bond donors (Lipinski definition) is 0. The van der Waals surface area contributed by atoms with E-state index >= 15 is 0 Å². The van der Waals surface area contributed by atoms with E-state index in [2.05, 4.69) is 28.8 Å². The predicted octanol–water partition coefficient (Wildman–Crippen LogP) is 3.59. The highest BCUT2D eigenvalue weighted by Gasteiger charge is 2.23. The number of rotatable bonds is 7. The van der Waals surface area contributed by atoms with Gasteiger partial charge in [-0.15, -0.1) is 11.3 Å². The van der Waals surface area contributed by atoms with Crippen molar-refractivity contribution < 1.29 is 4.39 Å². The zero-order valence-electron chi connectivity index (χ0n) is 14.5. The first-order chi connectivity index (χ1) is 11.6. The van der Waals surface area contributed by atoms with E-state index in [4.69, 9.17) is 0 Å². The second kappa shape index (κ2) is 8.19. The molecule has 3 nitrogen and oxygen atoms in total. The summed E-state index contributed by atoms with van der Waals surface area (Å²) < 4.78 is 13.7. The minimum absolute atomic E-state index is 0.0760. The van der Waals surface area contributed by atoms with Gasteiger partial charge in [-0.2, -0.15) is 0 Å². The maximum atomic E-state index is 13.7. The molecular weight excluding hydrogens is 321 g/mol. The quantitative estimate of drug-likeness (QED) is 0.763. The molecule has 1 aromatic carbocycles. The van der Waals surface area contributed by atoms with E-state index in [1.807, 2.05) is 17.6 Å². The maximum Gasteiger partial charge on any atom is 0.126 e. The molecule has 1 aliphatic heterocycles. The van der Waals surface area contributed by atoms with Gasteiger partial charge in [-0.25, -0.2) is 9.37 Å². The summed E-state index contributed by atoms with van der Waals surface area (Å²) in [6.07, 6.45) is 2.04. The van der Waals surface area contributed by atoms with E-state index in [9.17, 15) is 4.39 Å². The van der Waals surface area contributed by atoms with Gasteiger partial charge in [-0.05, 0) is 50.9 Å². The first-order valence-electron chi connectivity index (χ1n) is 8.65. The van der Waals surface area contributed by atoms with Gasteiger partial charge >= 0.3 is 0 Å². The summed E-state index contributed by atoms with van der Waals surface area (Å²) in [5.74, 6) is 0.636. The van der Waals surface area contributed by atoms with Crippen molar-refractivity contribution in [2.45, 2.75) is 26.3 Å². The molecule has 0 saturated carbocycles. The van der Waals surface area contributed by atoms with Crippen molar-refractivity contribution in [1.29, 1.82) is 0 Å².